The van der Waals surface area contributed by atoms with Crippen molar-refractivity contribution in [1.29, 1.82) is 0 Å². The molecule has 0 fully saturated rings. The van der Waals surface area contributed by atoms with E-state index in [1.165, 1.54) is 0 Å². The normalized spacial score (nSPS) is 15.4. The molecular weight excluding hydrogens is 931 g/mol. The molecule has 0 saturated heterocycles. The molecule has 2 aromatic heterocycles. The van der Waals surface area contributed by atoms with Crippen LogP contribution in [0.4, 0.5) is 4.79 Å². The van der Waals surface area contributed by atoms with Crippen molar-refractivity contribution in [2.45, 2.75) is 76.7 Å². The van der Waals surface area contributed by atoms with Crippen LogP contribution in [0.3, 0.4) is 0 Å². The maximum absolute atomic E-state index is 14.1. The van der Waals surface area contributed by atoms with Crippen molar-refractivity contribution in [3.8, 4) is 22.5 Å². The maximum atomic E-state index is 14.1. The number of hydrogen-bond donors (Lipinski definition) is 5. The number of para-hydroxylation sites is 1. The zero-order valence-corrected chi connectivity index (χ0v) is 40.7. The molecule has 0 spiro atoms. The first-order valence-corrected chi connectivity index (χ1v) is 24.7. The Kier molecular flexibility index (Phi) is 14.8. The molecule has 6 aromatic rings. The van der Waals surface area contributed by atoms with Gasteiger partial charge in [-0.2, -0.15) is 0 Å². The lowest BCUT2D eigenvalue weighted by atomic mass is 9.86. The molecule has 4 heterocycles. The second-order valence-electron chi connectivity index (χ2n) is 18.5. The van der Waals surface area contributed by atoms with E-state index < -0.39 is 54.5 Å². The molecular formula is C56H57N7O10. The van der Waals surface area contributed by atoms with Crippen LogP contribution in [0.2, 0.25) is 0 Å². The Morgan fingerprint density at radius 3 is 2.23 bits per heavy atom. The number of benzene rings is 4. The summed E-state index contributed by atoms with van der Waals surface area (Å²) in [7, 11) is 0. The monoisotopic (exact) mass is 987 g/mol. The molecule has 2 aliphatic heterocycles. The minimum Gasteiger partial charge on any atom is -0.458 e. The van der Waals surface area contributed by atoms with Crippen LogP contribution < -0.4 is 26.8 Å². The lowest BCUT2D eigenvalue weighted by Gasteiger charge is -2.31. The van der Waals surface area contributed by atoms with E-state index in [4.69, 9.17) is 14.5 Å². The summed E-state index contributed by atoms with van der Waals surface area (Å²) in [6.07, 6.45) is 1.21. The third-order valence-corrected chi connectivity index (χ3v) is 14.0. The molecule has 4 aromatic carbocycles. The van der Waals surface area contributed by atoms with Gasteiger partial charge in [-0.1, -0.05) is 117 Å². The number of esters is 1. The highest BCUT2D eigenvalue weighted by molar-refractivity contribution is 5.93. The first kappa shape index (κ1) is 49.8. The second-order valence-corrected chi connectivity index (χ2v) is 18.5. The quantitative estimate of drug-likeness (QED) is 0.0695. The summed E-state index contributed by atoms with van der Waals surface area (Å²) >= 11 is 0. The molecule has 0 saturated carbocycles. The number of hydrogen-bond acceptors (Lipinski definition) is 11. The number of nitrogens with zero attached hydrogens (tertiary/aromatic N) is 3. The predicted octanol–water partition coefficient (Wildman–Crippen LogP) is 4.75. The summed E-state index contributed by atoms with van der Waals surface area (Å²) < 4.78 is 12.4. The number of unbranched alkanes of at least 4 members (excludes halogenated alkanes) is 1. The van der Waals surface area contributed by atoms with Gasteiger partial charge in [0.25, 0.3) is 5.56 Å². The van der Waals surface area contributed by atoms with Gasteiger partial charge in [0.1, 0.15) is 25.8 Å². The van der Waals surface area contributed by atoms with E-state index in [2.05, 4.69) is 21.3 Å². The Morgan fingerprint density at radius 2 is 1.51 bits per heavy atom. The van der Waals surface area contributed by atoms with E-state index in [1.54, 1.807) is 34.6 Å². The predicted molar refractivity (Wildman–Crippen MR) is 271 cm³/mol. The first-order valence-electron chi connectivity index (χ1n) is 24.7. The zero-order valence-electron chi connectivity index (χ0n) is 40.7. The number of carbonyl (C=O) groups is 6. The summed E-state index contributed by atoms with van der Waals surface area (Å²) in [5.74, 6) is -3.21. The van der Waals surface area contributed by atoms with Crippen LogP contribution in [0.25, 0.3) is 33.4 Å². The molecule has 73 heavy (non-hydrogen) atoms. The van der Waals surface area contributed by atoms with E-state index in [1.807, 2.05) is 97.9 Å². The lowest BCUT2D eigenvalue weighted by molar-refractivity contribution is -0.172. The fourth-order valence-electron chi connectivity index (χ4n) is 10.1. The fraction of sp³-hybridized carbons (Fsp3) is 0.321. The molecule has 0 unspecified atom stereocenters. The van der Waals surface area contributed by atoms with Crippen LogP contribution >= 0.6 is 0 Å². The zero-order chi connectivity index (χ0) is 51.2. The molecule has 17 nitrogen and oxygen atoms in total. The van der Waals surface area contributed by atoms with Gasteiger partial charge >= 0.3 is 12.1 Å². The summed E-state index contributed by atoms with van der Waals surface area (Å²) in [6.45, 7) is 3.07. The van der Waals surface area contributed by atoms with Gasteiger partial charge in [0.05, 0.1) is 42.1 Å². The summed E-state index contributed by atoms with van der Waals surface area (Å²) in [5.41, 5.74) is 6.52. The average Bonchev–Trinajstić information content (AvgIpc) is 3.94. The average molecular weight is 988 g/mol. The first-order chi connectivity index (χ1) is 35.4. The van der Waals surface area contributed by atoms with Crippen molar-refractivity contribution in [2.75, 3.05) is 39.3 Å². The maximum Gasteiger partial charge on any atom is 0.407 e. The largest absolute Gasteiger partial charge is 0.458 e. The summed E-state index contributed by atoms with van der Waals surface area (Å²) in [4.78, 5) is 100. The molecule has 5 N–H and O–H groups in total. The topological polar surface area (TPSA) is 227 Å². The van der Waals surface area contributed by atoms with Crippen LogP contribution in [0, 0.1) is 0 Å². The van der Waals surface area contributed by atoms with Gasteiger partial charge in [0, 0.05) is 41.9 Å². The third kappa shape index (κ3) is 10.3. The van der Waals surface area contributed by atoms with E-state index >= 15 is 0 Å². The lowest BCUT2D eigenvalue weighted by Crippen LogP contribution is -2.52. The highest BCUT2D eigenvalue weighted by Gasteiger charge is 2.45. The van der Waals surface area contributed by atoms with E-state index in [-0.39, 0.29) is 74.2 Å². The Hall–Kier alpha value is -8.18. The Morgan fingerprint density at radius 1 is 0.822 bits per heavy atom. The number of pyridine rings is 2. The number of alkyl carbamates (subject to hydrolysis) is 1. The fourth-order valence-corrected chi connectivity index (χ4v) is 10.1. The van der Waals surface area contributed by atoms with Crippen LogP contribution in [0.1, 0.15) is 78.0 Å². The third-order valence-electron chi connectivity index (χ3n) is 14.0. The van der Waals surface area contributed by atoms with Gasteiger partial charge in [0.15, 0.2) is 5.60 Å². The van der Waals surface area contributed by atoms with E-state index in [0.717, 1.165) is 50.8 Å². The van der Waals surface area contributed by atoms with Crippen molar-refractivity contribution >= 4 is 46.6 Å². The Balaban J connectivity index is 0.819. The molecule has 5 amide bonds. The molecule has 376 valence electrons. The molecule has 17 heteroatoms. The SMILES string of the molecule is CCCCN(CCc1c2c(nc3ccccc13)-c1cc3c(c(=O)n1C2)COC(=O)[C@]3(O)CC)C(=O)CNC(=O)[C@H](Cc1ccccc1)NC(=O)CNC(=O)CNC(=O)OCC1c2ccccc2-c2ccccc21. The van der Waals surface area contributed by atoms with Gasteiger partial charge in [-0.3, -0.25) is 24.0 Å². The smallest absolute Gasteiger partial charge is 0.407 e. The van der Waals surface area contributed by atoms with Gasteiger partial charge < -0.3 is 45.3 Å². The van der Waals surface area contributed by atoms with Crippen molar-refractivity contribution in [1.82, 2.24) is 35.7 Å². The second kappa shape index (κ2) is 21.7. The van der Waals surface area contributed by atoms with E-state index in [9.17, 15) is 38.7 Å². The van der Waals surface area contributed by atoms with Crippen molar-refractivity contribution < 1.29 is 43.3 Å². The van der Waals surface area contributed by atoms with Crippen LogP contribution in [-0.2, 0) is 65.0 Å². The minimum absolute atomic E-state index is 0.0175. The highest BCUT2D eigenvalue weighted by atomic mass is 16.6. The number of aromatic nitrogens is 2. The van der Waals surface area contributed by atoms with Crippen molar-refractivity contribution in [2.24, 2.45) is 0 Å². The van der Waals surface area contributed by atoms with Gasteiger partial charge in [0.2, 0.25) is 23.6 Å². The number of fused-ring (bicyclic) bond motifs is 8. The molecule has 3 aliphatic rings. The van der Waals surface area contributed by atoms with Gasteiger partial charge in [-0.15, -0.1) is 0 Å². The number of ether oxygens (including phenoxy) is 2. The summed E-state index contributed by atoms with van der Waals surface area (Å²) in [6, 6.07) is 33.1. The van der Waals surface area contributed by atoms with Crippen molar-refractivity contribution in [3.05, 3.63) is 158 Å². The Labute approximate surface area is 421 Å². The van der Waals surface area contributed by atoms with Crippen molar-refractivity contribution in [3.63, 3.8) is 0 Å². The molecule has 9 rings (SSSR count). The molecule has 1 aliphatic carbocycles. The number of rotatable bonds is 19. The van der Waals surface area contributed by atoms with Crippen LogP contribution in [0.5, 0.6) is 0 Å². The highest BCUT2D eigenvalue weighted by Crippen LogP contribution is 2.45. The number of cyclic esters (lactones) is 1. The van der Waals surface area contributed by atoms with Crippen LogP contribution in [0.15, 0.2) is 114 Å². The van der Waals surface area contributed by atoms with Gasteiger partial charge in [-0.25, -0.2) is 14.6 Å². The molecule has 2 atom stereocenters. The molecule has 0 bridgehead atoms. The van der Waals surface area contributed by atoms with Crippen LogP contribution in [-0.4, -0.2) is 101 Å². The summed E-state index contributed by atoms with van der Waals surface area (Å²) in [5, 5.41) is 22.6. The van der Waals surface area contributed by atoms with E-state index in [0.29, 0.717) is 36.3 Å². The molecule has 0 radical (unpaired) electrons. The number of aliphatic hydroxyl groups is 1. The minimum atomic E-state index is -1.97. The standard InChI is InChI=1S/C56H57N7O10/c1-3-5-24-62(25-23-39-40-21-13-14-22-45(40)61-51-41(39)31-63-47(51)27-44-43(53(63)68)33-72-54(69)56(44,71)4-2)50(66)30-58-52(67)46(26-34-15-7-6-8-16-34)60-49(65)29-57-48(64)28-59-55(70)73-32-42-37-19-11-9-17-35(37)36-18-10-12-20-38(36)42/h6-22,27,42,46,71H,3-5,23-26,28-33H2,1-2H3,(H,57,64)(H,58,67)(H,59,70)(H,60,65)/t46-,56-/m0/s1. The number of amides is 5. The number of carbonyl (C=O) groups excluding carboxylic acids is 6. The van der Waals surface area contributed by atoms with Gasteiger partial charge in [-0.05, 0) is 64.8 Å². The Bertz CT molecular complexity index is 3150. The number of nitrogens with one attached hydrogen (secondary N) is 4.